The highest BCUT2D eigenvalue weighted by Crippen LogP contribution is 2.23. The first-order valence-corrected chi connectivity index (χ1v) is 7.04. The molecular formula is C15H22N2O3. The number of hydrogen-bond donors (Lipinski definition) is 2. The molecule has 1 aromatic carbocycles. The van der Waals surface area contributed by atoms with E-state index in [0.29, 0.717) is 30.8 Å². The van der Waals surface area contributed by atoms with Crippen LogP contribution in [0.25, 0.3) is 0 Å². The minimum absolute atomic E-state index is 0.0777. The van der Waals surface area contributed by atoms with Crippen molar-refractivity contribution >= 4 is 5.91 Å². The number of phenolic OH excluding ortho intramolecular Hbond substituents is 1. The molecule has 1 heterocycles. The molecule has 1 amide bonds. The summed E-state index contributed by atoms with van der Waals surface area (Å²) in [5, 5.41) is 19.0. The molecule has 2 rings (SSSR count). The summed E-state index contributed by atoms with van der Waals surface area (Å²) in [5.74, 6) is -0.0361. The van der Waals surface area contributed by atoms with E-state index in [1.165, 1.54) is 0 Å². The summed E-state index contributed by atoms with van der Waals surface area (Å²) in [5.41, 5.74) is 1.09. The number of rotatable bonds is 3. The molecule has 5 heteroatoms. The molecule has 0 unspecified atom stereocenters. The largest absolute Gasteiger partial charge is 0.507 e. The number of aryl methyl sites for hydroxylation is 1. The summed E-state index contributed by atoms with van der Waals surface area (Å²) in [4.78, 5) is 16.4. The Balaban J connectivity index is 2.07. The first kappa shape index (κ1) is 14.8. The van der Waals surface area contributed by atoms with Gasteiger partial charge >= 0.3 is 0 Å². The monoisotopic (exact) mass is 278 g/mol. The van der Waals surface area contributed by atoms with E-state index in [9.17, 15) is 9.90 Å². The van der Waals surface area contributed by atoms with Gasteiger partial charge in [-0.3, -0.25) is 9.69 Å². The summed E-state index contributed by atoms with van der Waals surface area (Å²) in [6.07, 6.45) is 0.887. The zero-order chi connectivity index (χ0) is 14.5. The number of β-amino-alcohol motifs (C(OH)–C–C–N with tert-alkyl or cyclic N) is 1. The molecule has 0 aliphatic carbocycles. The number of aliphatic hydroxyl groups excluding tert-OH is 1. The van der Waals surface area contributed by atoms with Gasteiger partial charge in [-0.1, -0.05) is 12.1 Å². The normalized spacial score (nSPS) is 17.0. The molecule has 2 N–H and O–H groups in total. The number of aromatic hydroxyl groups is 1. The van der Waals surface area contributed by atoms with Crippen molar-refractivity contribution in [1.82, 2.24) is 9.80 Å². The number of para-hydroxylation sites is 1. The molecule has 1 aromatic rings. The van der Waals surface area contributed by atoms with Crippen molar-refractivity contribution in [3.05, 3.63) is 29.3 Å². The van der Waals surface area contributed by atoms with Gasteiger partial charge in [0, 0.05) is 26.2 Å². The molecule has 0 atom stereocenters. The quantitative estimate of drug-likeness (QED) is 0.860. The van der Waals surface area contributed by atoms with Gasteiger partial charge in [0.1, 0.15) is 5.75 Å². The topological polar surface area (TPSA) is 64.0 Å². The first-order chi connectivity index (χ1) is 9.63. The van der Waals surface area contributed by atoms with E-state index in [2.05, 4.69) is 4.90 Å². The summed E-state index contributed by atoms with van der Waals surface area (Å²) in [6, 6.07) is 5.25. The van der Waals surface area contributed by atoms with Crippen LogP contribution in [0.1, 0.15) is 22.3 Å². The smallest absolute Gasteiger partial charge is 0.257 e. The molecule has 0 spiro atoms. The molecular weight excluding hydrogens is 256 g/mol. The van der Waals surface area contributed by atoms with Gasteiger partial charge in [-0.05, 0) is 31.5 Å². The van der Waals surface area contributed by atoms with Crippen molar-refractivity contribution < 1.29 is 15.0 Å². The number of amides is 1. The Labute approximate surface area is 119 Å². The first-order valence-electron chi connectivity index (χ1n) is 7.04. The zero-order valence-electron chi connectivity index (χ0n) is 11.9. The van der Waals surface area contributed by atoms with E-state index < -0.39 is 0 Å². The second-order valence-electron chi connectivity index (χ2n) is 5.18. The van der Waals surface area contributed by atoms with Gasteiger partial charge in [-0.15, -0.1) is 0 Å². The second kappa shape index (κ2) is 6.72. The highest BCUT2D eigenvalue weighted by molar-refractivity contribution is 5.97. The van der Waals surface area contributed by atoms with Crippen molar-refractivity contribution in [2.24, 2.45) is 0 Å². The molecule has 1 aliphatic rings. The molecule has 1 aliphatic heterocycles. The van der Waals surface area contributed by atoms with Gasteiger partial charge in [-0.2, -0.15) is 0 Å². The molecule has 0 saturated carbocycles. The number of carbonyl (C=O) groups excluding carboxylic acids is 1. The summed E-state index contributed by atoms with van der Waals surface area (Å²) < 4.78 is 0. The van der Waals surface area contributed by atoms with E-state index >= 15 is 0 Å². The predicted octanol–water partition coefficient (Wildman–Crippen LogP) is 0.841. The van der Waals surface area contributed by atoms with Crippen LogP contribution in [-0.4, -0.2) is 65.3 Å². The Morgan fingerprint density at radius 2 is 2.05 bits per heavy atom. The van der Waals surface area contributed by atoms with E-state index in [1.54, 1.807) is 30.0 Å². The number of aliphatic hydroxyl groups is 1. The van der Waals surface area contributed by atoms with Crippen molar-refractivity contribution in [2.75, 3.05) is 39.3 Å². The number of hydrogen-bond acceptors (Lipinski definition) is 4. The van der Waals surface area contributed by atoms with Gasteiger partial charge in [0.05, 0.1) is 12.2 Å². The van der Waals surface area contributed by atoms with Crippen molar-refractivity contribution in [3.8, 4) is 5.75 Å². The lowest BCUT2D eigenvalue weighted by Gasteiger charge is -2.22. The average molecular weight is 278 g/mol. The van der Waals surface area contributed by atoms with Crippen LogP contribution in [0.3, 0.4) is 0 Å². The average Bonchev–Trinajstić information content (AvgIpc) is 2.67. The van der Waals surface area contributed by atoms with Crippen LogP contribution < -0.4 is 0 Å². The van der Waals surface area contributed by atoms with Crippen LogP contribution in [0.15, 0.2) is 18.2 Å². The van der Waals surface area contributed by atoms with Gasteiger partial charge in [0.2, 0.25) is 0 Å². The number of phenols is 1. The fourth-order valence-corrected chi connectivity index (χ4v) is 2.54. The Morgan fingerprint density at radius 1 is 1.25 bits per heavy atom. The van der Waals surface area contributed by atoms with E-state index in [4.69, 9.17) is 5.11 Å². The Kier molecular flexibility index (Phi) is 4.98. The minimum Gasteiger partial charge on any atom is -0.507 e. The molecule has 0 radical (unpaired) electrons. The molecule has 5 nitrogen and oxygen atoms in total. The lowest BCUT2D eigenvalue weighted by Crippen LogP contribution is -2.36. The van der Waals surface area contributed by atoms with Gasteiger partial charge in [0.25, 0.3) is 5.91 Å². The fraction of sp³-hybridized carbons (Fsp3) is 0.533. The standard InChI is InChI=1S/C15H22N2O3/c1-12-4-2-5-13(14(12)19)15(20)17-7-3-6-16(8-9-17)10-11-18/h2,4-5,18-19H,3,6-11H2,1H3. The summed E-state index contributed by atoms with van der Waals surface area (Å²) in [7, 11) is 0. The maximum absolute atomic E-state index is 12.5. The van der Waals surface area contributed by atoms with Crippen LogP contribution in [0, 0.1) is 6.92 Å². The third-order valence-electron chi connectivity index (χ3n) is 3.76. The van der Waals surface area contributed by atoms with E-state index in [0.717, 1.165) is 19.5 Å². The lowest BCUT2D eigenvalue weighted by molar-refractivity contribution is 0.0757. The van der Waals surface area contributed by atoms with Crippen LogP contribution in [0.5, 0.6) is 5.75 Å². The maximum atomic E-state index is 12.5. The van der Waals surface area contributed by atoms with Crippen LogP contribution in [0.2, 0.25) is 0 Å². The van der Waals surface area contributed by atoms with Crippen molar-refractivity contribution in [2.45, 2.75) is 13.3 Å². The molecule has 110 valence electrons. The fourth-order valence-electron chi connectivity index (χ4n) is 2.54. The molecule has 0 bridgehead atoms. The van der Waals surface area contributed by atoms with E-state index in [1.807, 2.05) is 0 Å². The second-order valence-corrected chi connectivity index (χ2v) is 5.18. The van der Waals surface area contributed by atoms with Crippen LogP contribution in [0.4, 0.5) is 0 Å². The van der Waals surface area contributed by atoms with Crippen LogP contribution >= 0.6 is 0 Å². The SMILES string of the molecule is Cc1cccc(C(=O)N2CCCN(CCO)CC2)c1O. The zero-order valence-corrected chi connectivity index (χ0v) is 11.9. The van der Waals surface area contributed by atoms with Crippen LogP contribution in [-0.2, 0) is 0 Å². The molecule has 1 saturated heterocycles. The number of carbonyl (C=O) groups is 1. The Bertz CT molecular complexity index is 476. The predicted molar refractivity (Wildman–Crippen MR) is 76.9 cm³/mol. The van der Waals surface area contributed by atoms with Crippen molar-refractivity contribution in [1.29, 1.82) is 0 Å². The highest BCUT2D eigenvalue weighted by atomic mass is 16.3. The third kappa shape index (κ3) is 3.29. The minimum atomic E-state index is -0.114. The van der Waals surface area contributed by atoms with Gasteiger partial charge < -0.3 is 15.1 Å². The number of benzene rings is 1. The summed E-state index contributed by atoms with van der Waals surface area (Å²) in [6.45, 7) is 5.56. The third-order valence-corrected chi connectivity index (χ3v) is 3.76. The number of nitrogens with zero attached hydrogens (tertiary/aromatic N) is 2. The van der Waals surface area contributed by atoms with Gasteiger partial charge in [0.15, 0.2) is 0 Å². The molecule has 0 aromatic heterocycles. The molecule has 20 heavy (non-hydrogen) atoms. The van der Waals surface area contributed by atoms with Gasteiger partial charge in [-0.25, -0.2) is 0 Å². The summed E-state index contributed by atoms with van der Waals surface area (Å²) >= 11 is 0. The van der Waals surface area contributed by atoms with E-state index in [-0.39, 0.29) is 18.3 Å². The Morgan fingerprint density at radius 3 is 2.80 bits per heavy atom. The molecule has 1 fully saturated rings. The Hall–Kier alpha value is -1.59. The lowest BCUT2D eigenvalue weighted by atomic mass is 10.1. The highest BCUT2D eigenvalue weighted by Gasteiger charge is 2.22. The van der Waals surface area contributed by atoms with Crippen molar-refractivity contribution in [3.63, 3.8) is 0 Å². The maximum Gasteiger partial charge on any atom is 0.257 e.